The van der Waals surface area contributed by atoms with Crippen LogP contribution in [0.25, 0.3) is 0 Å². The Morgan fingerprint density at radius 2 is 2.04 bits per heavy atom. The van der Waals surface area contributed by atoms with Crippen LogP contribution >= 0.6 is 0 Å². The fourth-order valence-electron chi connectivity index (χ4n) is 3.06. The predicted molar refractivity (Wildman–Crippen MR) is 90.7 cm³/mol. The van der Waals surface area contributed by atoms with Gasteiger partial charge in [-0.1, -0.05) is 25.0 Å². The molecule has 0 aliphatic heterocycles. The highest BCUT2D eigenvalue weighted by Gasteiger charge is 2.31. The van der Waals surface area contributed by atoms with E-state index in [2.05, 4.69) is 12.2 Å². The summed E-state index contributed by atoms with van der Waals surface area (Å²) in [6.45, 7) is 3.77. The second-order valence-electron chi connectivity index (χ2n) is 6.46. The maximum absolute atomic E-state index is 12.7. The van der Waals surface area contributed by atoms with Crippen LogP contribution in [-0.4, -0.2) is 43.8 Å². The second kappa shape index (κ2) is 8.20. The van der Waals surface area contributed by atoms with Gasteiger partial charge in [0.15, 0.2) is 0 Å². The molecular formula is C18H28N2O3. The first kappa shape index (κ1) is 17.6. The smallest absolute Gasteiger partial charge is 0.318 e. The Morgan fingerprint density at radius 3 is 2.70 bits per heavy atom. The van der Waals surface area contributed by atoms with Crippen LogP contribution in [0, 0.1) is 0 Å². The van der Waals surface area contributed by atoms with Gasteiger partial charge in [0.1, 0.15) is 5.75 Å². The third-order valence-corrected chi connectivity index (χ3v) is 4.48. The SMILES string of the molecule is COCCN(Cc1cccc(OC)c1)C(=O)NC1(C)CCCC1. The van der Waals surface area contributed by atoms with E-state index >= 15 is 0 Å². The number of methoxy groups -OCH3 is 2. The van der Waals surface area contributed by atoms with Crippen LogP contribution in [0.2, 0.25) is 0 Å². The fraction of sp³-hybridized carbons (Fsp3) is 0.611. The first-order valence-corrected chi connectivity index (χ1v) is 8.25. The van der Waals surface area contributed by atoms with Gasteiger partial charge >= 0.3 is 6.03 Å². The van der Waals surface area contributed by atoms with Crippen molar-refractivity contribution in [2.75, 3.05) is 27.4 Å². The van der Waals surface area contributed by atoms with Gasteiger partial charge in [-0.15, -0.1) is 0 Å². The first-order chi connectivity index (χ1) is 11.1. The quantitative estimate of drug-likeness (QED) is 0.839. The van der Waals surface area contributed by atoms with E-state index in [0.717, 1.165) is 24.2 Å². The summed E-state index contributed by atoms with van der Waals surface area (Å²) in [5.41, 5.74) is 0.976. The molecule has 1 aliphatic carbocycles. The Hall–Kier alpha value is -1.75. The van der Waals surface area contributed by atoms with Crippen molar-refractivity contribution in [2.45, 2.75) is 44.7 Å². The summed E-state index contributed by atoms with van der Waals surface area (Å²) in [4.78, 5) is 14.5. The highest BCUT2D eigenvalue weighted by atomic mass is 16.5. The lowest BCUT2D eigenvalue weighted by molar-refractivity contribution is 0.141. The lowest BCUT2D eigenvalue weighted by Gasteiger charge is -2.30. The molecule has 0 saturated heterocycles. The number of hydrogen-bond acceptors (Lipinski definition) is 3. The number of carbonyl (C=O) groups excluding carboxylic acids is 1. The highest BCUT2D eigenvalue weighted by molar-refractivity contribution is 5.75. The molecule has 5 nitrogen and oxygen atoms in total. The number of nitrogens with zero attached hydrogens (tertiary/aromatic N) is 1. The summed E-state index contributed by atoms with van der Waals surface area (Å²) >= 11 is 0. The van der Waals surface area contributed by atoms with Crippen LogP contribution in [-0.2, 0) is 11.3 Å². The first-order valence-electron chi connectivity index (χ1n) is 8.25. The summed E-state index contributed by atoms with van der Waals surface area (Å²) < 4.78 is 10.4. The predicted octanol–water partition coefficient (Wildman–Crippen LogP) is 3.19. The number of amides is 2. The van der Waals surface area contributed by atoms with Gasteiger partial charge in [-0.25, -0.2) is 4.79 Å². The molecule has 2 rings (SSSR count). The van der Waals surface area contributed by atoms with E-state index in [0.29, 0.717) is 19.7 Å². The van der Waals surface area contributed by atoms with Crippen molar-refractivity contribution in [3.8, 4) is 5.75 Å². The maximum Gasteiger partial charge on any atom is 0.318 e. The molecule has 128 valence electrons. The monoisotopic (exact) mass is 320 g/mol. The van der Waals surface area contributed by atoms with Crippen LogP contribution in [0.1, 0.15) is 38.2 Å². The highest BCUT2D eigenvalue weighted by Crippen LogP contribution is 2.29. The Bertz CT molecular complexity index is 513. The molecule has 0 spiro atoms. The molecule has 0 unspecified atom stereocenters. The number of ether oxygens (including phenoxy) is 2. The van der Waals surface area contributed by atoms with E-state index in [1.165, 1.54) is 12.8 Å². The van der Waals surface area contributed by atoms with Crippen LogP contribution in [0.5, 0.6) is 5.75 Å². The molecule has 1 aromatic rings. The van der Waals surface area contributed by atoms with Gasteiger partial charge in [-0.2, -0.15) is 0 Å². The summed E-state index contributed by atoms with van der Waals surface area (Å²) in [6.07, 6.45) is 4.47. The fourth-order valence-corrected chi connectivity index (χ4v) is 3.06. The van der Waals surface area contributed by atoms with E-state index in [1.54, 1.807) is 14.2 Å². The summed E-state index contributed by atoms with van der Waals surface area (Å²) in [7, 11) is 3.30. The molecule has 5 heteroatoms. The Balaban J connectivity index is 2.04. The van der Waals surface area contributed by atoms with Gasteiger partial charge < -0.3 is 19.7 Å². The van der Waals surface area contributed by atoms with E-state index in [9.17, 15) is 4.79 Å². The molecule has 0 aromatic heterocycles. The minimum Gasteiger partial charge on any atom is -0.497 e. The largest absolute Gasteiger partial charge is 0.497 e. The average Bonchev–Trinajstić information content (AvgIpc) is 2.97. The maximum atomic E-state index is 12.7. The minimum atomic E-state index is -0.0726. The molecule has 1 aliphatic rings. The topological polar surface area (TPSA) is 50.8 Å². The molecule has 2 amide bonds. The van der Waals surface area contributed by atoms with Gasteiger partial charge in [0.2, 0.25) is 0 Å². The number of carbonyl (C=O) groups is 1. The normalized spacial score (nSPS) is 16.1. The van der Waals surface area contributed by atoms with E-state index < -0.39 is 0 Å². The van der Waals surface area contributed by atoms with Gasteiger partial charge in [-0.3, -0.25) is 0 Å². The van der Waals surface area contributed by atoms with E-state index in [-0.39, 0.29) is 11.6 Å². The number of benzene rings is 1. The number of rotatable bonds is 7. The zero-order valence-corrected chi connectivity index (χ0v) is 14.4. The standard InChI is InChI=1S/C18H28N2O3/c1-18(9-4-5-10-18)19-17(21)20(11-12-22-2)14-15-7-6-8-16(13-15)23-3/h6-8,13H,4-5,9-12,14H2,1-3H3,(H,19,21). The van der Waals surface area contributed by atoms with Crippen molar-refractivity contribution in [3.05, 3.63) is 29.8 Å². The molecule has 1 fully saturated rings. The zero-order chi connectivity index (χ0) is 16.7. The average molecular weight is 320 g/mol. The lowest BCUT2D eigenvalue weighted by Crippen LogP contribution is -2.50. The second-order valence-corrected chi connectivity index (χ2v) is 6.46. The Labute approximate surface area is 139 Å². The minimum absolute atomic E-state index is 0.0192. The third-order valence-electron chi connectivity index (χ3n) is 4.48. The van der Waals surface area contributed by atoms with Crippen LogP contribution in [0.15, 0.2) is 24.3 Å². The molecule has 23 heavy (non-hydrogen) atoms. The molecule has 1 N–H and O–H groups in total. The summed E-state index contributed by atoms with van der Waals surface area (Å²) in [5, 5.41) is 3.21. The van der Waals surface area contributed by atoms with Gasteiger partial charge in [0.25, 0.3) is 0 Å². The number of hydrogen-bond donors (Lipinski definition) is 1. The van der Waals surface area contributed by atoms with Crippen molar-refractivity contribution >= 4 is 6.03 Å². The lowest BCUT2D eigenvalue weighted by atomic mass is 10.0. The van der Waals surface area contributed by atoms with Crippen LogP contribution in [0.3, 0.4) is 0 Å². The number of nitrogens with one attached hydrogen (secondary N) is 1. The molecule has 1 aromatic carbocycles. The van der Waals surface area contributed by atoms with Crippen molar-refractivity contribution in [1.29, 1.82) is 0 Å². The third kappa shape index (κ3) is 5.13. The molecule has 0 heterocycles. The Morgan fingerprint density at radius 1 is 1.30 bits per heavy atom. The van der Waals surface area contributed by atoms with Crippen molar-refractivity contribution < 1.29 is 14.3 Å². The van der Waals surface area contributed by atoms with Crippen LogP contribution < -0.4 is 10.1 Å². The van der Waals surface area contributed by atoms with Crippen molar-refractivity contribution in [1.82, 2.24) is 10.2 Å². The van der Waals surface area contributed by atoms with Crippen molar-refractivity contribution in [3.63, 3.8) is 0 Å². The zero-order valence-electron chi connectivity index (χ0n) is 14.4. The molecule has 0 atom stereocenters. The van der Waals surface area contributed by atoms with Gasteiger partial charge in [-0.05, 0) is 37.5 Å². The molecule has 0 bridgehead atoms. The number of urea groups is 1. The Kier molecular flexibility index (Phi) is 6.28. The van der Waals surface area contributed by atoms with Crippen LogP contribution in [0.4, 0.5) is 4.79 Å². The molecular weight excluding hydrogens is 292 g/mol. The summed E-state index contributed by atoms with van der Waals surface area (Å²) in [5.74, 6) is 0.803. The summed E-state index contributed by atoms with van der Waals surface area (Å²) in [6, 6.07) is 7.80. The van der Waals surface area contributed by atoms with Crippen molar-refractivity contribution in [2.24, 2.45) is 0 Å². The van der Waals surface area contributed by atoms with Gasteiger partial charge in [0.05, 0.1) is 13.7 Å². The van der Waals surface area contributed by atoms with E-state index in [4.69, 9.17) is 9.47 Å². The molecule has 0 radical (unpaired) electrons. The molecule has 1 saturated carbocycles. The van der Waals surface area contributed by atoms with Gasteiger partial charge in [0, 0.05) is 25.7 Å². The van der Waals surface area contributed by atoms with E-state index in [1.807, 2.05) is 29.2 Å².